The Bertz CT molecular complexity index is 853. The molecule has 2 rings (SSSR count). The zero-order chi connectivity index (χ0) is 15.6. The molecule has 0 saturated heterocycles. The number of aromatic amines is 1. The van der Waals surface area contributed by atoms with Gasteiger partial charge in [0.05, 0.1) is 24.5 Å². The quantitative estimate of drug-likeness (QED) is 0.853. The average molecular weight is 307 g/mol. The number of hydrogen-bond donors (Lipinski definition) is 1. The van der Waals surface area contributed by atoms with Crippen molar-refractivity contribution < 1.29 is 9.53 Å². The largest absolute Gasteiger partial charge is 0.462 e. The van der Waals surface area contributed by atoms with Crippen LogP contribution in [0.5, 0.6) is 0 Å². The van der Waals surface area contributed by atoms with Gasteiger partial charge in [0.2, 0.25) is 0 Å². The van der Waals surface area contributed by atoms with Crippen molar-refractivity contribution >= 4 is 27.5 Å². The molecule has 0 atom stereocenters. The van der Waals surface area contributed by atoms with Crippen molar-refractivity contribution in [1.29, 1.82) is 5.26 Å². The summed E-state index contributed by atoms with van der Waals surface area (Å²) in [6, 6.07) is 1.89. The van der Waals surface area contributed by atoms with Crippen molar-refractivity contribution in [2.45, 2.75) is 26.8 Å². The lowest BCUT2D eigenvalue weighted by atomic mass is 10.2. The van der Waals surface area contributed by atoms with Gasteiger partial charge in [-0.25, -0.2) is 9.59 Å². The second-order valence-electron chi connectivity index (χ2n) is 4.28. The van der Waals surface area contributed by atoms with Crippen LogP contribution in [-0.4, -0.2) is 22.1 Å². The normalized spacial score (nSPS) is 10.5. The summed E-state index contributed by atoms with van der Waals surface area (Å²) in [5.41, 5.74) is -0.590. The Labute approximate surface area is 123 Å². The van der Waals surface area contributed by atoms with Gasteiger partial charge >= 0.3 is 11.7 Å². The van der Waals surface area contributed by atoms with Crippen LogP contribution in [0.2, 0.25) is 0 Å². The smallest absolute Gasteiger partial charge is 0.348 e. The molecule has 0 spiro atoms. The van der Waals surface area contributed by atoms with E-state index >= 15 is 0 Å². The number of thiophene rings is 1. The number of nitrogens with zero attached hydrogens (tertiary/aromatic N) is 2. The molecule has 0 aliphatic rings. The van der Waals surface area contributed by atoms with Gasteiger partial charge in [-0.15, -0.1) is 11.3 Å². The number of esters is 1. The average Bonchev–Trinajstić information content (AvgIpc) is 2.76. The van der Waals surface area contributed by atoms with Crippen molar-refractivity contribution in [1.82, 2.24) is 9.55 Å². The van der Waals surface area contributed by atoms with E-state index in [0.29, 0.717) is 20.7 Å². The van der Waals surface area contributed by atoms with E-state index < -0.39 is 17.2 Å². The molecule has 0 unspecified atom stereocenters. The van der Waals surface area contributed by atoms with Crippen LogP contribution >= 0.6 is 11.3 Å². The minimum absolute atomic E-state index is 0.0185. The molecule has 0 fully saturated rings. The topological polar surface area (TPSA) is 105 Å². The van der Waals surface area contributed by atoms with E-state index in [1.54, 1.807) is 13.8 Å². The Balaban J connectivity index is 2.68. The first-order valence-electron chi connectivity index (χ1n) is 6.31. The molecule has 2 heterocycles. The summed E-state index contributed by atoms with van der Waals surface area (Å²) in [6.07, 6.45) is 0.0579. The van der Waals surface area contributed by atoms with E-state index in [4.69, 9.17) is 10.00 Å². The fourth-order valence-corrected chi connectivity index (χ4v) is 3.09. The molecule has 0 saturated carbocycles. The van der Waals surface area contributed by atoms with Gasteiger partial charge in [0.15, 0.2) is 0 Å². The monoisotopic (exact) mass is 307 g/mol. The number of carbonyl (C=O) groups is 1. The Kier molecular flexibility index (Phi) is 4.23. The van der Waals surface area contributed by atoms with Crippen LogP contribution in [-0.2, 0) is 11.3 Å². The van der Waals surface area contributed by atoms with Gasteiger partial charge in [0, 0.05) is 6.54 Å². The van der Waals surface area contributed by atoms with Gasteiger partial charge < -0.3 is 4.74 Å². The number of rotatable bonds is 4. The lowest BCUT2D eigenvalue weighted by molar-refractivity contribution is 0.0531. The van der Waals surface area contributed by atoms with Crippen LogP contribution in [0.15, 0.2) is 9.59 Å². The Morgan fingerprint density at radius 2 is 2.19 bits per heavy atom. The summed E-state index contributed by atoms with van der Waals surface area (Å²) in [6.45, 7) is 3.58. The molecule has 0 aliphatic carbocycles. The van der Waals surface area contributed by atoms with Crippen molar-refractivity contribution in [2.24, 2.45) is 0 Å². The summed E-state index contributed by atoms with van der Waals surface area (Å²) in [7, 11) is 0. The molecule has 110 valence electrons. The van der Waals surface area contributed by atoms with Crippen molar-refractivity contribution in [2.75, 3.05) is 6.61 Å². The maximum absolute atomic E-state index is 12.4. The maximum atomic E-state index is 12.4. The number of carbonyl (C=O) groups excluding carboxylic acids is 1. The van der Waals surface area contributed by atoms with Crippen LogP contribution in [0.1, 0.15) is 28.6 Å². The fraction of sp³-hybridized carbons (Fsp3) is 0.385. The fourth-order valence-electron chi connectivity index (χ4n) is 2.01. The molecule has 8 heteroatoms. The number of H-pyrrole nitrogens is 1. The third-order valence-corrected chi connectivity index (χ3v) is 4.17. The number of aryl methyl sites for hydroxylation is 1. The second kappa shape index (κ2) is 5.93. The molecule has 1 N–H and O–H groups in total. The highest BCUT2D eigenvalue weighted by molar-refractivity contribution is 7.20. The zero-order valence-corrected chi connectivity index (χ0v) is 12.4. The number of hydrogen-bond acceptors (Lipinski definition) is 6. The van der Waals surface area contributed by atoms with E-state index in [9.17, 15) is 14.4 Å². The van der Waals surface area contributed by atoms with Crippen molar-refractivity contribution in [3.8, 4) is 6.07 Å². The second-order valence-corrected chi connectivity index (χ2v) is 5.30. The first-order valence-corrected chi connectivity index (χ1v) is 7.13. The summed E-state index contributed by atoms with van der Waals surface area (Å²) in [4.78, 5) is 39.3. The van der Waals surface area contributed by atoms with E-state index in [1.165, 1.54) is 0 Å². The molecular formula is C13H13N3O4S. The summed E-state index contributed by atoms with van der Waals surface area (Å²) < 4.78 is 5.90. The Hall–Kier alpha value is -2.40. The zero-order valence-electron chi connectivity index (χ0n) is 11.6. The molecule has 21 heavy (non-hydrogen) atoms. The number of nitrogens with one attached hydrogen (secondary N) is 1. The Morgan fingerprint density at radius 1 is 1.48 bits per heavy atom. The highest BCUT2D eigenvalue weighted by Gasteiger charge is 2.20. The molecule has 0 radical (unpaired) electrons. The predicted molar refractivity (Wildman–Crippen MR) is 77.6 cm³/mol. The minimum atomic E-state index is -0.584. The summed E-state index contributed by atoms with van der Waals surface area (Å²) in [5, 5.41) is 8.87. The van der Waals surface area contributed by atoms with Gasteiger partial charge in [-0.1, -0.05) is 0 Å². The predicted octanol–water partition coefficient (Wildman–Crippen LogP) is 1.15. The van der Waals surface area contributed by atoms with E-state index in [-0.39, 0.29) is 19.6 Å². The van der Waals surface area contributed by atoms with E-state index in [0.717, 1.165) is 15.9 Å². The van der Waals surface area contributed by atoms with Gasteiger partial charge in [-0.3, -0.25) is 14.3 Å². The minimum Gasteiger partial charge on any atom is -0.462 e. The molecule has 0 amide bonds. The van der Waals surface area contributed by atoms with Crippen molar-refractivity contribution in [3.05, 3.63) is 31.3 Å². The standard InChI is InChI=1S/C13H13N3O4S/c1-3-20-12(18)9-7(2)8-10(21-9)15-13(19)16(11(8)17)6-4-5-14/h3-4,6H2,1-2H3,(H,15,19). The molecular weight excluding hydrogens is 294 g/mol. The third kappa shape index (κ3) is 2.60. The van der Waals surface area contributed by atoms with Crippen LogP contribution < -0.4 is 11.2 Å². The number of nitriles is 1. The molecule has 7 nitrogen and oxygen atoms in total. The molecule has 0 bridgehead atoms. The first-order chi connectivity index (χ1) is 10.0. The molecule has 0 aromatic carbocycles. The molecule has 2 aromatic heterocycles. The van der Waals surface area contributed by atoms with Gasteiger partial charge in [-0.2, -0.15) is 5.26 Å². The Morgan fingerprint density at radius 3 is 2.81 bits per heavy atom. The lowest BCUT2D eigenvalue weighted by Crippen LogP contribution is -2.34. The van der Waals surface area contributed by atoms with Crippen LogP contribution in [0.4, 0.5) is 0 Å². The lowest BCUT2D eigenvalue weighted by Gasteiger charge is -2.01. The molecule has 0 aliphatic heterocycles. The van der Waals surface area contributed by atoms with Gasteiger partial charge in [0.25, 0.3) is 5.56 Å². The first kappa shape index (κ1) is 15.0. The number of aromatic nitrogens is 2. The highest BCUT2D eigenvalue weighted by atomic mass is 32.1. The van der Waals surface area contributed by atoms with Crippen LogP contribution in [0.3, 0.4) is 0 Å². The van der Waals surface area contributed by atoms with Gasteiger partial charge in [0.1, 0.15) is 9.71 Å². The van der Waals surface area contributed by atoms with E-state index in [1.807, 2.05) is 6.07 Å². The number of ether oxygens (including phenoxy) is 1. The SMILES string of the molecule is CCOC(=O)c1sc2[nH]c(=O)n(CCC#N)c(=O)c2c1C. The molecule has 2 aromatic rings. The summed E-state index contributed by atoms with van der Waals surface area (Å²) in [5.74, 6) is -0.514. The van der Waals surface area contributed by atoms with Crippen molar-refractivity contribution in [3.63, 3.8) is 0 Å². The van der Waals surface area contributed by atoms with Gasteiger partial charge in [-0.05, 0) is 19.4 Å². The maximum Gasteiger partial charge on any atom is 0.348 e. The highest BCUT2D eigenvalue weighted by Crippen LogP contribution is 2.26. The third-order valence-electron chi connectivity index (χ3n) is 2.98. The van der Waals surface area contributed by atoms with Crippen LogP contribution in [0.25, 0.3) is 10.2 Å². The van der Waals surface area contributed by atoms with E-state index in [2.05, 4.69) is 4.98 Å². The number of fused-ring (bicyclic) bond motifs is 1. The van der Waals surface area contributed by atoms with Crippen LogP contribution in [0, 0.1) is 18.3 Å². The summed E-state index contributed by atoms with van der Waals surface area (Å²) >= 11 is 1.02.